The number of carbonyl (C=O) groups excluding carboxylic acids is 2. The third kappa shape index (κ3) is 2.87. The molecule has 0 unspecified atom stereocenters. The Hall–Kier alpha value is -2.22. The maximum Gasteiger partial charge on any atom is 0.265 e. The molecule has 3 rings (SSSR count). The normalized spacial score (nSPS) is 17.7. The van der Waals surface area contributed by atoms with Crippen molar-refractivity contribution >= 4 is 29.0 Å². The Bertz CT molecular complexity index is 708. The largest absolute Gasteiger partial charge is 0.336 e. The average molecular weight is 319 g/mol. The number of nitrogens with zero attached hydrogens (tertiary/aromatic N) is 4. The van der Waals surface area contributed by atoms with Crippen molar-refractivity contribution in [2.75, 3.05) is 18.4 Å². The predicted molar refractivity (Wildman–Crippen MR) is 82.9 cm³/mol. The van der Waals surface area contributed by atoms with Crippen LogP contribution in [0.1, 0.15) is 34.8 Å². The van der Waals surface area contributed by atoms with Crippen LogP contribution in [0, 0.1) is 6.92 Å². The van der Waals surface area contributed by atoms with Crippen molar-refractivity contribution in [1.82, 2.24) is 19.7 Å². The van der Waals surface area contributed by atoms with Crippen molar-refractivity contribution in [3.63, 3.8) is 0 Å². The van der Waals surface area contributed by atoms with Crippen molar-refractivity contribution in [1.29, 1.82) is 0 Å². The van der Waals surface area contributed by atoms with Gasteiger partial charge in [-0.15, -0.1) is 11.3 Å². The number of hydrogen-bond donors (Lipinski definition) is 1. The van der Waals surface area contributed by atoms with Gasteiger partial charge in [0, 0.05) is 32.3 Å². The summed E-state index contributed by atoms with van der Waals surface area (Å²) < 4.78 is 1.82. The summed E-state index contributed by atoms with van der Waals surface area (Å²) in [5, 5.41) is 7.00. The molecule has 0 bridgehead atoms. The number of carbonyl (C=O) groups is 2. The summed E-state index contributed by atoms with van der Waals surface area (Å²) in [6.07, 6.45) is 2.69. The second-order valence-electron chi connectivity index (χ2n) is 5.32. The van der Waals surface area contributed by atoms with Gasteiger partial charge in [-0.25, -0.2) is 4.98 Å². The molecule has 0 spiro atoms. The molecule has 1 saturated heterocycles. The van der Waals surface area contributed by atoms with E-state index in [1.807, 2.05) is 22.7 Å². The number of hydrogen-bond acceptors (Lipinski definition) is 5. The Labute approximate surface area is 132 Å². The summed E-state index contributed by atoms with van der Waals surface area (Å²) in [5.41, 5.74) is 2.48. The van der Waals surface area contributed by atoms with E-state index in [4.69, 9.17) is 0 Å². The lowest BCUT2D eigenvalue weighted by atomic mass is 10.3. The second kappa shape index (κ2) is 5.88. The molecular weight excluding hydrogens is 302 g/mol. The van der Waals surface area contributed by atoms with E-state index >= 15 is 0 Å². The lowest BCUT2D eigenvalue weighted by molar-refractivity contribution is -0.114. The lowest BCUT2D eigenvalue weighted by Crippen LogP contribution is -2.29. The van der Waals surface area contributed by atoms with Crippen LogP contribution in [0.3, 0.4) is 0 Å². The first-order valence-corrected chi connectivity index (χ1v) is 7.94. The van der Waals surface area contributed by atoms with E-state index in [2.05, 4.69) is 15.4 Å². The number of aryl methyl sites for hydroxylation is 1. The summed E-state index contributed by atoms with van der Waals surface area (Å²) in [6, 6.07) is 1.90. The van der Waals surface area contributed by atoms with Crippen LogP contribution < -0.4 is 5.32 Å². The van der Waals surface area contributed by atoms with E-state index < -0.39 is 0 Å². The van der Waals surface area contributed by atoms with Crippen molar-refractivity contribution in [3.05, 3.63) is 28.3 Å². The molecule has 8 heteroatoms. The number of amides is 2. The third-order valence-corrected chi connectivity index (χ3v) is 4.59. The topological polar surface area (TPSA) is 80.1 Å². The average Bonchev–Trinajstić information content (AvgIpc) is 3.16. The van der Waals surface area contributed by atoms with E-state index in [0.717, 1.165) is 12.1 Å². The minimum atomic E-state index is -0.144. The molecule has 1 fully saturated rings. The summed E-state index contributed by atoms with van der Waals surface area (Å²) in [4.78, 5) is 30.2. The van der Waals surface area contributed by atoms with Gasteiger partial charge in [-0.3, -0.25) is 14.3 Å². The van der Waals surface area contributed by atoms with Crippen molar-refractivity contribution < 1.29 is 9.59 Å². The summed E-state index contributed by atoms with van der Waals surface area (Å²) in [7, 11) is 0. The zero-order valence-corrected chi connectivity index (χ0v) is 13.3. The first-order valence-electron chi connectivity index (χ1n) is 7.06. The molecule has 2 aromatic heterocycles. The van der Waals surface area contributed by atoms with E-state index in [0.29, 0.717) is 23.8 Å². The highest BCUT2D eigenvalue weighted by atomic mass is 32.1. The van der Waals surface area contributed by atoms with Crippen molar-refractivity contribution in [2.45, 2.75) is 26.3 Å². The molecule has 0 aliphatic carbocycles. The highest BCUT2D eigenvalue weighted by molar-refractivity contribution is 7.11. The highest BCUT2D eigenvalue weighted by Crippen LogP contribution is 2.25. The quantitative estimate of drug-likeness (QED) is 0.933. The zero-order chi connectivity index (χ0) is 15.7. The highest BCUT2D eigenvalue weighted by Gasteiger charge is 2.30. The van der Waals surface area contributed by atoms with E-state index in [-0.39, 0.29) is 17.9 Å². The van der Waals surface area contributed by atoms with Gasteiger partial charge in [-0.1, -0.05) is 0 Å². The van der Waals surface area contributed by atoms with Crippen LogP contribution >= 0.6 is 11.3 Å². The van der Waals surface area contributed by atoms with E-state index in [9.17, 15) is 9.59 Å². The molecule has 116 valence electrons. The van der Waals surface area contributed by atoms with Gasteiger partial charge in [0.05, 0.1) is 17.2 Å². The van der Waals surface area contributed by atoms with Crippen LogP contribution in [0.2, 0.25) is 0 Å². The van der Waals surface area contributed by atoms with Crippen LogP contribution in [-0.2, 0) is 4.79 Å². The molecule has 3 heterocycles. The van der Waals surface area contributed by atoms with Crippen LogP contribution in [0.4, 0.5) is 5.82 Å². The fraction of sp³-hybridized carbons (Fsp3) is 0.429. The van der Waals surface area contributed by atoms with E-state index in [1.54, 1.807) is 11.6 Å². The molecule has 2 aromatic rings. The smallest absolute Gasteiger partial charge is 0.265 e. The van der Waals surface area contributed by atoms with Gasteiger partial charge in [-0.2, -0.15) is 5.10 Å². The molecule has 7 nitrogen and oxygen atoms in total. The minimum Gasteiger partial charge on any atom is -0.336 e. The fourth-order valence-electron chi connectivity index (χ4n) is 2.58. The van der Waals surface area contributed by atoms with Gasteiger partial charge in [0.25, 0.3) is 5.91 Å². The lowest BCUT2D eigenvalue weighted by Gasteiger charge is -2.16. The predicted octanol–water partition coefficient (Wildman–Crippen LogP) is 1.69. The standard InChI is InChI=1S/C14H17N5O2S/c1-9-13(22-8-15-9)14(21)18-5-3-11(7-18)19-6-4-12(17-19)16-10(2)20/h4,6,8,11H,3,5,7H2,1-2H3,(H,16,17,20)/t11-/m0/s1. The molecule has 0 aromatic carbocycles. The molecular formula is C14H17N5O2S. The Morgan fingerprint density at radius 3 is 2.95 bits per heavy atom. The van der Waals surface area contributed by atoms with Gasteiger partial charge in [0.15, 0.2) is 5.82 Å². The van der Waals surface area contributed by atoms with Crippen LogP contribution in [-0.4, -0.2) is 44.6 Å². The maximum absolute atomic E-state index is 12.5. The second-order valence-corrected chi connectivity index (χ2v) is 6.18. The molecule has 1 aliphatic heterocycles. The third-order valence-electron chi connectivity index (χ3n) is 3.68. The first kappa shape index (κ1) is 14.7. The van der Waals surface area contributed by atoms with Crippen molar-refractivity contribution in [2.24, 2.45) is 0 Å². The Kier molecular flexibility index (Phi) is 3.93. The monoisotopic (exact) mass is 319 g/mol. The Morgan fingerprint density at radius 1 is 1.45 bits per heavy atom. The molecule has 0 radical (unpaired) electrons. The number of thiazole rings is 1. The summed E-state index contributed by atoms with van der Waals surface area (Å²) >= 11 is 1.38. The van der Waals surface area contributed by atoms with Crippen LogP contribution in [0.25, 0.3) is 0 Å². The van der Waals surface area contributed by atoms with E-state index in [1.165, 1.54) is 18.3 Å². The number of likely N-dealkylation sites (tertiary alicyclic amines) is 1. The zero-order valence-electron chi connectivity index (χ0n) is 12.4. The minimum absolute atomic E-state index is 0.0386. The fourth-order valence-corrected chi connectivity index (χ4v) is 3.35. The van der Waals surface area contributed by atoms with Gasteiger partial charge in [0.1, 0.15) is 4.88 Å². The molecule has 1 atom stereocenters. The van der Waals surface area contributed by atoms with Gasteiger partial charge < -0.3 is 10.2 Å². The molecule has 1 N–H and O–H groups in total. The molecule has 1 aliphatic rings. The number of aromatic nitrogens is 3. The van der Waals surface area contributed by atoms with Gasteiger partial charge in [-0.05, 0) is 13.3 Å². The maximum atomic E-state index is 12.5. The van der Waals surface area contributed by atoms with Crippen LogP contribution in [0.15, 0.2) is 17.8 Å². The van der Waals surface area contributed by atoms with Crippen molar-refractivity contribution in [3.8, 4) is 0 Å². The Morgan fingerprint density at radius 2 is 2.27 bits per heavy atom. The number of anilines is 1. The number of nitrogens with one attached hydrogen (secondary N) is 1. The summed E-state index contributed by atoms with van der Waals surface area (Å²) in [6.45, 7) is 4.63. The Balaban J connectivity index is 1.67. The van der Waals surface area contributed by atoms with Gasteiger partial charge >= 0.3 is 0 Å². The first-order chi connectivity index (χ1) is 10.5. The number of rotatable bonds is 3. The molecule has 0 saturated carbocycles. The molecule has 22 heavy (non-hydrogen) atoms. The summed E-state index contributed by atoms with van der Waals surface area (Å²) in [5.74, 6) is 0.432. The SMILES string of the molecule is CC(=O)Nc1ccn([C@H]2CCN(C(=O)c3scnc3C)C2)n1. The van der Waals surface area contributed by atoms with Gasteiger partial charge in [0.2, 0.25) is 5.91 Å². The molecule has 2 amide bonds. The van der Waals surface area contributed by atoms with Crippen LogP contribution in [0.5, 0.6) is 0 Å².